The van der Waals surface area contributed by atoms with Crippen LogP contribution in [-0.2, 0) is 9.47 Å². The summed E-state index contributed by atoms with van der Waals surface area (Å²) in [6.07, 6.45) is 3.80. The van der Waals surface area contributed by atoms with Crippen molar-refractivity contribution in [2.45, 2.75) is 37.6 Å². The van der Waals surface area contributed by atoms with Crippen LogP contribution in [0.15, 0.2) is 18.2 Å². The van der Waals surface area contributed by atoms with Crippen molar-refractivity contribution < 1.29 is 18.7 Å². The first-order valence-corrected chi connectivity index (χ1v) is 7.51. The summed E-state index contributed by atoms with van der Waals surface area (Å²) in [5.41, 5.74) is -0.131. The fraction of sp³-hybridized carbons (Fsp3) is 0.533. The van der Waals surface area contributed by atoms with Crippen LogP contribution in [0, 0.1) is 5.82 Å². The number of rotatable bonds is 3. The Morgan fingerprint density at radius 3 is 2.90 bits per heavy atom. The monoisotopic (exact) mass is 313 g/mol. The molecule has 3 rings (SSSR count). The van der Waals surface area contributed by atoms with Crippen LogP contribution in [0.25, 0.3) is 0 Å². The molecule has 1 heterocycles. The van der Waals surface area contributed by atoms with Gasteiger partial charge in [0.15, 0.2) is 5.79 Å². The van der Waals surface area contributed by atoms with Gasteiger partial charge in [-0.3, -0.25) is 4.79 Å². The standard InChI is InChI=1S/C15H17ClFNO3/c16-11-4-3-5-12(17)13(11)14(19)18-8-10-9-20-15(21-10)6-1-2-7-15/h3-5,10H,1-2,6-9H2,(H,18,19). The third kappa shape index (κ3) is 3.05. The van der Waals surface area contributed by atoms with Crippen LogP contribution in [0.1, 0.15) is 36.0 Å². The molecule has 1 aromatic rings. The highest BCUT2D eigenvalue weighted by atomic mass is 35.5. The topological polar surface area (TPSA) is 47.6 Å². The molecule has 6 heteroatoms. The number of carbonyl (C=O) groups is 1. The molecule has 0 aromatic heterocycles. The number of ether oxygens (including phenoxy) is 2. The van der Waals surface area contributed by atoms with Gasteiger partial charge in [-0.15, -0.1) is 0 Å². The Bertz CT molecular complexity index is 525. The molecule has 4 nitrogen and oxygen atoms in total. The third-order valence-electron chi connectivity index (χ3n) is 3.96. The first-order valence-electron chi connectivity index (χ1n) is 7.14. The van der Waals surface area contributed by atoms with Gasteiger partial charge in [0.05, 0.1) is 17.2 Å². The minimum absolute atomic E-state index is 0.100. The van der Waals surface area contributed by atoms with Crippen LogP contribution >= 0.6 is 11.6 Å². The summed E-state index contributed by atoms with van der Waals surface area (Å²) >= 11 is 5.86. The van der Waals surface area contributed by atoms with Crippen LogP contribution in [0.3, 0.4) is 0 Å². The number of hydrogen-bond donors (Lipinski definition) is 1. The Kier molecular flexibility index (Phi) is 4.15. The van der Waals surface area contributed by atoms with Crippen molar-refractivity contribution >= 4 is 17.5 Å². The maximum atomic E-state index is 13.6. The first-order chi connectivity index (χ1) is 10.1. The van der Waals surface area contributed by atoms with Gasteiger partial charge in [0.1, 0.15) is 11.9 Å². The van der Waals surface area contributed by atoms with E-state index < -0.39 is 17.5 Å². The van der Waals surface area contributed by atoms with Crippen molar-refractivity contribution in [2.75, 3.05) is 13.2 Å². The first kappa shape index (κ1) is 14.8. The van der Waals surface area contributed by atoms with E-state index in [1.807, 2.05) is 0 Å². The van der Waals surface area contributed by atoms with Gasteiger partial charge < -0.3 is 14.8 Å². The van der Waals surface area contributed by atoms with E-state index in [-0.39, 0.29) is 23.2 Å². The Labute approximate surface area is 127 Å². The molecule has 2 fully saturated rings. The minimum Gasteiger partial charge on any atom is -0.349 e. The van der Waals surface area contributed by atoms with E-state index >= 15 is 0 Å². The molecule has 114 valence electrons. The highest BCUT2D eigenvalue weighted by molar-refractivity contribution is 6.33. The van der Waals surface area contributed by atoms with Crippen molar-refractivity contribution in [1.82, 2.24) is 5.32 Å². The molecule has 1 atom stereocenters. The second-order valence-corrected chi connectivity index (χ2v) is 5.88. The second kappa shape index (κ2) is 5.91. The summed E-state index contributed by atoms with van der Waals surface area (Å²) < 4.78 is 25.3. The minimum atomic E-state index is -0.629. The van der Waals surface area contributed by atoms with E-state index in [1.165, 1.54) is 18.2 Å². The van der Waals surface area contributed by atoms with Crippen LogP contribution in [0.4, 0.5) is 4.39 Å². The second-order valence-electron chi connectivity index (χ2n) is 5.48. The van der Waals surface area contributed by atoms with E-state index in [0.717, 1.165) is 25.7 Å². The molecule has 1 saturated heterocycles. The molecule has 1 spiro atoms. The van der Waals surface area contributed by atoms with Crippen LogP contribution in [0.2, 0.25) is 5.02 Å². The molecule has 1 aliphatic heterocycles. The average molecular weight is 314 g/mol. The van der Waals surface area contributed by atoms with Gasteiger partial charge in [-0.2, -0.15) is 0 Å². The summed E-state index contributed by atoms with van der Waals surface area (Å²) in [5.74, 6) is -1.62. The summed E-state index contributed by atoms with van der Waals surface area (Å²) in [6.45, 7) is 0.733. The zero-order valence-corrected chi connectivity index (χ0v) is 12.3. The molecule has 1 aromatic carbocycles. The SMILES string of the molecule is O=C(NCC1COC2(CCCC2)O1)c1c(F)cccc1Cl. The number of hydrogen-bond acceptors (Lipinski definition) is 3. The van der Waals surface area contributed by atoms with Gasteiger partial charge in [0.2, 0.25) is 0 Å². The zero-order valence-electron chi connectivity index (χ0n) is 11.5. The van der Waals surface area contributed by atoms with E-state index in [1.54, 1.807) is 0 Å². The lowest BCUT2D eigenvalue weighted by Gasteiger charge is -2.22. The van der Waals surface area contributed by atoms with Crippen molar-refractivity contribution in [3.63, 3.8) is 0 Å². The number of amides is 1. The fourth-order valence-corrected chi connectivity index (χ4v) is 3.15. The quantitative estimate of drug-likeness (QED) is 0.933. The van der Waals surface area contributed by atoms with E-state index in [0.29, 0.717) is 6.61 Å². The lowest BCUT2D eigenvalue weighted by molar-refractivity contribution is -0.161. The third-order valence-corrected chi connectivity index (χ3v) is 4.27. The summed E-state index contributed by atoms with van der Waals surface area (Å²) in [4.78, 5) is 12.0. The van der Waals surface area contributed by atoms with E-state index in [2.05, 4.69) is 5.32 Å². The summed E-state index contributed by atoms with van der Waals surface area (Å²) in [6, 6.07) is 4.16. The number of halogens is 2. The highest BCUT2D eigenvalue weighted by Crippen LogP contribution is 2.39. The molecule has 2 aliphatic rings. The molecule has 0 radical (unpaired) electrons. The largest absolute Gasteiger partial charge is 0.349 e. The Balaban J connectivity index is 1.57. The van der Waals surface area contributed by atoms with Gasteiger partial charge in [-0.25, -0.2) is 4.39 Å². The van der Waals surface area contributed by atoms with Gasteiger partial charge >= 0.3 is 0 Å². The Morgan fingerprint density at radius 1 is 1.43 bits per heavy atom. The lowest BCUT2D eigenvalue weighted by Crippen LogP contribution is -2.35. The fourth-order valence-electron chi connectivity index (χ4n) is 2.90. The van der Waals surface area contributed by atoms with Crippen molar-refractivity contribution in [3.8, 4) is 0 Å². The van der Waals surface area contributed by atoms with E-state index in [4.69, 9.17) is 21.1 Å². The summed E-state index contributed by atoms with van der Waals surface area (Å²) in [5, 5.41) is 2.76. The van der Waals surface area contributed by atoms with Gasteiger partial charge in [-0.05, 0) is 25.0 Å². The molecule has 1 unspecified atom stereocenters. The molecule has 1 saturated carbocycles. The predicted molar refractivity (Wildman–Crippen MR) is 75.8 cm³/mol. The summed E-state index contributed by atoms with van der Waals surface area (Å²) in [7, 11) is 0. The van der Waals surface area contributed by atoms with Crippen molar-refractivity contribution in [3.05, 3.63) is 34.6 Å². The van der Waals surface area contributed by atoms with E-state index in [9.17, 15) is 9.18 Å². The zero-order chi connectivity index (χ0) is 14.9. The molecule has 1 aliphatic carbocycles. The van der Waals surface area contributed by atoms with Gasteiger partial charge in [0.25, 0.3) is 5.91 Å². The molecule has 0 bridgehead atoms. The number of nitrogens with one attached hydrogen (secondary N) is 1. The Morgan fingerprint density at radius 2 is 2.19 bits per heavy atom. The highest BCUT2D eigenvalue weighted by Gasteiger charge is 2.43. The van der Waals surface area contributed by atoms with Gasteiger partial charge in [-0.1, -0.05) is 17.7 Å². The molecule has 21 heavy (non-hydrogen) atoms. The van der Waals surface area contributed by atoms with Crippen molar-refractivity contribution in [2.24, 2.45) is 0 Å². The normalized spacial score (nSPS) is 23.6. The maximum absolute atomic E-state index is 13.6. The van der Waals surface area contributed by atoms with Crippen molar-refractivity contribution in [1.29, 1.82) is 0 Å². The van der Waals surface area contributed by atoms with Crippen LogP contribution in [0.5, 0.6) is 0 Å². The Hall–Kier alpha value is -1.17. The van der Waals surface area contributed by atoms with Crippen LogP contribution < -0.4 is 5.32 Å². The molecular weight excluding hydrogens is 297 g/mol. The molecule has 1 N–H and O–H groups in total. The predicted octanol–water partition coefficient (Wildman–Crippen LogP) is 2.89. The number of benzene rings is 1. The van der Waals surface area contributed by atoms with Crippen LogP contribution in [-0.4, -0.2) is 30.9 Å². The number of carbonyl (C=O) groups excluding carboxylic acids is 1. The maximum Gasteiger partial charge on any atom is 0.255 e. The molecule has 1 amide bonds. The average Bonchev–Trinajstić information content (AvgIpc) is 3.07. The smallest absolute Gasteiger partial charge is 0.255 e. The lowest BCUT2D eigenvalue weighted by atomic mass is 10.2. The molecular formula is C15H17ClFNO3. The van der Waals surface area contributed by atoms with Gasteiger partial charge in [0, 0.05) is 19.4 Å².